The molecule has 17 heavy (non-hydrogen) atoms. The molecular formula is C13H18ClNO2. The van der Waals surface area contributed by atoms with Crippen LogP contribution >= 0.6 is 11.6 Å². The first kappa shape index (κ1) is 14.0. The Bertz CT molecular complexity index is 364. The van der Waals surface area contributed by atoms with E-state index in [1.807, 2.05) is 31.2 Å². The van der Waals surface area contributed by atoms with Gasteiger partial charge >= 0.3 is 5.97 Å². The predicted molar refractivity (Wildman–Crippen MR) is 69.1 cm³/mol. The van der Waals surface area contributed by atoms with E-state index in [0.717, 1.165) is 5.56 Å². The maximum Gasteiger partial charge on any atom is 0.322 e. The quantitative estimate of drug-likeness (QED) is 0.822. The molecule has 1 unspecified atom stereocenters. The third-order valence-electron chi connectivity index (χ3n) is 2.51. The zero-order chi connectivity index (χ0) is 12.8. The SMILES string of the molecule is CCOC(=O)C(C)N[C@H](C)c1ccc(Cl)cc1. The molecule has 0 aliphatic heterocycles. The van der Waals surface area contributed by atoms with Crippen LogP contribution in [0.15, 0.2) is 24.3 Å². The van der Waals surface area contributed by atoms with Crippen molar-refractivity contribution in [1.82, 2.24) is 5.32 Å². The van der Waals surface area contributed by atoms with Gasteiger partial charge < -0.3 is 4.74 Å². The third-order valence-corrected chi connectivity index (χ3v) is 2.76. The summed E-state index contributed by atoms with van der Waals surface area (Å²) in [5.41, 5.74) is 1.09. The van der Waals surface area contributed by atoms with Gasteiger partial charge in [0.05, 0.1) is 6.61 Å². The van der Waals surface area contributed by atoms with Crippen LogP contribution in [-0.4, -0.2) is 18.6 Å². The van der Waals surface area contributed by atoms with E-state index in [0.29, 0.717) is 11.6 Å². The third kappa shape index (κ3) is 4.36. The smallest absolute Gasteiger partial charge is 0.322 e. The molecule has 0 fully saturated rings. The number of hydrogen-bond donors (Lipinski definition) is 1. The Morgan fingerprint density at radius 3 is 2.47 bits per heavy atom. The van der Waals surface area contributed by atoms with E-state index < -0.39 is 0 Å². The molecule has 0 saturated carbocycles. The lowest BCUT2D eigenvalue weighted by Crippen LogP contribution is -2.37. The van der Waals surface area contributed by atoms with Crippen LogP contribution in [0.25, 0.3) is 0 Å². The van der Waals surface area contributed by atoms with Crippen LogP contribution in [0.2, 0.25) is 5.02 Å². The number of benzene rings is 1. The molecule has 1 aromatic rings. The maximum absolute atomic E-state index is 11.5. The number of rotatable bonds is 5. The van der Waals surface area contributed by atoms with E-state index in [1.54, 1.807) is 13.8 Å². The van der Waals surface area contributed by atoms with E-state index in [2.05, 4.69) is 5.32 Å². The first-order valence-electron chi connectivity index (χ1n) is 5.72. The van der Waals surface area contributed by atoms with Crippen molar-refractivity contribution in [2.24, 2.45) is 0 Å². The van der Waals surface area contributed by atoms with Crippen molar-refractivity contribution in [3.8, 4) is 0 Å². The Morgan fingerprint density at radius 1 is 1.35 bits per heavy atom. The summed E-state index contributed by atoms with van der Waals surface area (Å²) in [5.74, 6) is -0.228. The number of carbonyl (C=O) groups excluding carboxylic acids is 1. The Labute approximate surface area is 107 Å². The van der Waals surface area contributed by atoms with Crippen LogP contribution in [0.5, 0.6) is 0 Å². The molecule has 0 aliphatic rings. The fourth-order valence-corrected chi connectivity index (χ4v) is 1.68. The van der Waals surface area contributed by atoms with Gasteiger partial charge in [0.1, 0.15) is 6.04 Å². The van der Waals surface area contributed by atoms with Gasteiger partial charge in [-0.15, -0.1) is 0 Å². The molecule has 0 spiro atoms. The molecule has 0 saturated heterocycles. The van der Waals surface area contributed by atoms with Gasteiger partial charge in [0.15, 0.2) is 0 Å². The minimum absolute atomic E-state index is 0.0756. The van der Waals surface area contributed by atoms with E-state index in [1.165, 1.54) is 0 Å². The molecule has 3 nitrogen and oxygen atoms in total. The van der Waals surface area contributed by atoms with Crippen molar-refractivity contribution in [3.05, 3.63) is 34.9 Å². The van der Waals surface area contributed by atoms with Crippen LogP contribution in [0, 0.1) is 0 Å². The largest absolute Gasteiger partial charge is 0.465 e. The predicted octanol–water partition coefficient (Wildman–Crippen LogP) is 2.94. The Kier molecular flexibility index (Phi) is 5.45. The molecule has 0 aromatic heterocycles. The molecule has 1 aromatic carbocycles. The first-order chi connectivity index (χ1) is 8.04. The number of halogens is 1. The standard InChI is InChI=1S/C13H18ClNO2/c1-4-17-13(16)10(3)15-9(2)11-5-7-12(14)8-6-11/h5-10,15H,4H2,1-3H3/t9-,10?/m1/s1. The Balaban J connectivity index is 2.56. The Morgan fingerprint density at radius 2 is 1.94 bits per heavy atom. The summed E-state index contributed by atoms with van der Waals surface area (Å²) in [6.45, 7) is 6.00. The molecule has 2 atom stereocenters. The monoisotopic (exact) mass is 255 g/mol. The van der Waals surface area contributed by atoms with Crippen LogP contribution in [-0.2, 0) is 9.53 Å². The molecule has 0 bridgehead atoms. The molecule has 0 heterocycles. The summed E-state index contributed by atoms with van der Waals surface area (Å²) in [4.78, 5) is 11.5. The second-order valence-electron chi connectivity index (χ2n) is 3.91. The summed E-state index contributed by atoms with van der Waals surface area (Å²) < 4.78 is 4.94. The van der Waals surface area contributed by atoms with Gasteiger partial charge in [-0.3, -0.25) is 10.1 Å². The number of hydrogen-bond acceptors (Lipinski definition) is 3. The summed E-state index contributed by atoms with van der Waals surface area (Å²) >= 11 is 5.82. The van der Waals surface area contributed by atoms with E-state index in [4.69, 9.17) is 16.3 Å². The van der Waals surface area contributed by atoms with Crippen molar-refractivity contribution in [1.29, 1.82) is 0 Å². The van der Waals surface area contributed by atoms with Crippen LogP contribution < -0.4 is 5.32 Å². The number of ether oxygens (including phenoxy) is 1. The van der Waals surface area contributed by atoms with Gasteiger partial charge in [0.25, 0.3) is 0 Å². The van der Waals surface area contributed by atoms with Crippen molar-refractivity contribution >= 4 is 17.6 Å². The summed E-state index contributed by atoms with van der Waals surface area (Å²) in [7, 11) is 0. The maximum atomic E-state index is 11.5. The van der Waals surface area contributed by atoms with Crippen LogP contribution in [0.3, 0.4) is 0 Å². The van der Waals surface area contributed by atoms with Gasteiger partial charge in [0.2, 0.25) is 0 Å². The summed E-state index contributed by atoms with van der Waals surface area (Å²) in [6.07, 6.45) is 0. The lowest BCUT2D eigenvalue weighted by Gasteiger charge is -2.19. The van der Waals surface area contributed by atoms with Gasteiger partial charge in [-0.05, 0) is 38.5 Å². The molecule has 4 heteroatoms. The highest BCUT2D eigenvalue weighted by molar-refractivity contribution is 6.30. The molecular weight excluding hydrogens is 238 g/mol. The summed E-state index contributed by atoms with van der Waals surface area (Å²) in [5, 5.41) is 3.89. The van der Waals surface area contributed by atoms with Gasteiger partial charge in [-0.25, -0.2) is 0 Å². The van der Waals surface area contributed by atoms with Crippen LogP contribution in [0.4, 0.5) is 0 Å². The second kappa shape index (κ2) is 6.62. The average Bonchev–Trinajstić information content (AvgIpc) is 2.30. The second-order valence-corrected chi connectivity index (χ2v) is 4.35. The molecule has 94 valence electrons. The normalized spacial score (nSPS) is 14.1. The minimum Gasteiger partial charge on any atom is -0.465 e. The fraction of sp³-hybridized carbons (Fsp3) is 0.462. The average molecular weight is 256 g/mol. The Hall–Kier alpha value is -1.06. The number of esters is 1. The van der Waals surface area contributed by atoms with E-state index in [-0.39, 0.29) is 18.1 Å². The molecule has 0 aliphatic carbocycles. The molecule has 0 radical (unpaired) electrons. The lowest BCUT2D eigenvalue weighted by atomic mass is 10.1. The highest BCUT2D eigenvalue weighted by atomic mass is 35.5. The zero-order valence-electron chi connectivity index (χ0n) is 10.4. The van der Waals surface area contributed by atoms with E-state index in [9.17, 15) is 4.79 Å². The highest BCUT2D eigenvalue weighted by Gasteiger charge is 2.16. The molecule has 1 N–H and O–H groups in total. The minimum atomic E-state index is -0.319. The van der Waals surface area contributed by atoms with Crippen molar-refractivity contribution < 1.29 is 9.53 Å². The highest BCUT2D eigenvalue weighted by Crippen LogP contribution is 2.16. The first-order valence-corrected chi connectivity index (χ1v) is 6.10. The number of nitrogens with one attached hydrogen (secondary N) is 1. The van der Waals surface area contributed by atoms with Crippen molar-refractivity contribution in [2.75, 3.05) is 6.61 Å². The molecule has 1 rings (SSSR count). The number of carbonyl (C=O) groups is 1. The van der Waals surface area contributed by atoms with E-state index >= 15 is 0 Å². The van der Waals surface area contributed by atoms with Gasteiger partial charge in [0, 0.05) is 11.1 Å². The topological polar surface area (TPSA) is 38.3 Å². The van der Waals surface area contributed by atoms with Gasteiger partial charge in [-0.1, -0.05) is 23.7 Å². The van der Waals surface area contributed by atoms with Crippen LogP contribution in [0.1, 0.15) is 32.4 Å². The lowest BCUT2D eigenvalue weighted by molar-refractivity contribution is -0.145. The van der Waals surface area contributed by atoms with Crippen molar-refractivity contribution in [3.63, 3.8) is 0 Å². The molecule has 0 amide bonds. The summed E-state index contributed by atoms with van der Waals surface area (Å²) in [6, 6.07) is 7.32. The van der Waals surface area contributed by atoms with Crippen molar-refractivity contribution in [2.45, 2.75) is 32.9 Å². The van der Waals surface area contributed by atoms with Gasteiger partial charge in [-0.2, -0.15) is 0 Å². The fourth-order valence-electron chi connectivity index (χ4n) is 1.56. The zero-order valence-corrected chi connectivity index (χ0v) is 11.1.